The van der Waals surface area contributed by atoms with Gasteiger partial charge in [0.25, 0.3) is 8.53 Å². The van der Waals surface area contributed by atoms with Gasteiger partial charge in [-0.3, -0.25) is 0 Å². The molecule has 5 aromatic rings. The molecule has 0 saturated carbocycles. The molecule has 0 aliphatic heterocycles. The molecule has 9 heteroatoms. The second-order valence-electron chi connectivity index (χ2n) is 14.2. The molecule has 0 aliphatic carbocycles. The van der Waals surface area contributed by atoms with E-state index in [1.54, 1.807) is 14.2 Å². The van der Waals surface area contributed by atoms with Crippen LogP contribution in [-0.2, 0) is 30.7 Å². The first-order chi connectivity index (χ1) is 28.3. The van der Waals surface area contributed by atoms with Crippen LogP contribution in [0.25, 0.3) is 0 Å². The fraction of sp³-hybridized carbons (Fsp3) is 0.327. The molecule has 0 spiro atoms. The van der Waals surface area contributed by atoms with Crippen molar-refractivity contribution in [1.82, 2.24) is 4.67 Å². The normalized spacial score (nSPS) is 12.5. The highest BCUT2D eigenvalue weighted by Gasteiger charge is 2.39. The van der Waals surface area contributed by atoms with Crippen molar-refractivity contribution in [3.05, 3.63) is 167 Å². The number of rotatable bonds is 21. The molecule has 0 N–H and O–H groups in total. The van der Waals surface area contributed by atoms with Crippen molar-refractivity contribution in [3.8, 4) is 29.4 Å². The van der Waals surface area contributed by atoms with Gasteiger partial charge in [0.15, 0.2) is 0 Å². The lowest BCUT2D eigenvalue weighted by Gasteiger charge is -2.39. The monoisotopic (exact) mass is 798 g/mol. The Morgan fingerprint density at radius 1 is 0.638 bits per heavy atom. The maximum absolute atomic E-state index is 9.37. The van der Waals surface area contributed by atoms with Crippen LogP contribution in [0.3, 0.4) is 0 Å². The Balaban J connectivity index is 1.44. The molecular weight excluding hydrogens is 744 g/mol. The SMILES string of the molecule is COc1ccc(C(OC[C@H](CCOCc2ccc(C#Cc3ccccc3)cc2)OP(OCCC#N)N(C(C)C)C(C)C)(c2ccccc2)c2ccc(OC)cc2)cc1. The van der Waals surface area contributed by atoms with Gasteiger partial charge >= 0.3 is 0 Å². The fourth-order valence-corrected chi connectivity index (χ4v) is 8.36. The van der Waals surface area contributed by atoms with Crippen molar-refractivity contribution in [1.29, 1.82) is 5.26 Å². The van der Waals surface area contributed by atoms with Gasteiger partial charge in [0.05, 0.1) is 52.6 Å². The van der Waals surface area contributed by atoms with Crippen LogP contribution in [0, 0.1) is 23.2 Å². The van der Waals surface area contributed by atoms with Crippen LogP contribution in [0.1, 0.15) is 73.9 Å². The van der Waals surface area contributed by atoms with Gasteiger partial charge in [-0.05, 0) is 105 Å². The molecule has 0 bridgehead atoms. The van der Waals surface area contributed by atoms with E-state index >= 15 is 0 Å². The number of hydrogen-bond acceptors (Lipinski definition) is 8. The van der Waals surface area contributed by atoms with Crippen molar-refractivity contribution < 1.29 is 28.0 Å². The zero-order chi connectivity index (χ0) is 41.2. The van der Waals surface area contributed by atoms with E-state index in [0.717, 1.165) is 44.9 Å². The molecule has 0 fully saturated rings. The lowest BCUT2D eigenvalue weighted by molar-refractivity contribution is -0.0433. The zero-order valence-corrected chi connectivity index (χ0v) is 35.4. The molecule has 0 amide bonds. The van der Waals surface area contributed by atoms with Crippen LogP contribution in [0.2, 0.25) is 0 Å². The first-order valence-corrected chi connectivity index (χ1v) is 20.9. The highest BCUT2D eigenvalue weighted by atomic mass is 31.2. The van der Waals surface area contributed by atoms with Crippen LogP contribution in [0.4, 0.5) is 0 Å². The second kappa shape index (κ2) is 22.8. The van der Waals surface area contributed by atoms with E-state index in [2.05, 4.69) is 74.5 Å². The molecular formula is C49H55N2O6P. The third kappa shape index (κ3) is 12.2. The van der Waals surface area contributed by atoms with E-state index in [1.807, 2.05) is 109 Å². The Kier molecular flexibility index (Phi) is 17.3. The minimum absolute atomic E-state index is 0.133. The average molecular weight is 799 g/mol. The van der Waals surface area contributed by atoms with Gasteiger partial charge in [0.2, 0.25) is 0 Å². The number of benzene rings is 5. The number of methoxy groups -OCH3 is 2. The molecule has 5 aromatic carbocycles. The van der Waals surface area contributed by atoms with Gasteiger partial charge in [0.1, 0.15) is 17.1 Å². The molecule has 58 heavy (non-hydrogen) atoms. The summed E-state index contributed by atoms with van der Waals surface area (Å²) in [6.07, 6.45) is 0.351. The summed E-state index contributed by atoms with van der Waals surface area (Å²) in [5.74, 6) is 7.95. The van der Waals surface area contributed by atoms with Gasteiger partial charge in [-0.1, -0.05) is 96.8 Å². The number of nitrogens with zero attached hydrogens (tertiary/aromatic N) is 2. The zero-order valence-electron chi connectivity index (χ0n) is 34.5. The first kappa shape index (κ1) is 44.1. The summed E-state index contributed by atoms with van der Waals surface area (Å²) in [5.41, 5.74) is 4.75. The summed E-state index contributed by atoms with van der Waals surface area (Å²) in [6.45, 7) is 9.84. The molecule has 0 heterocycles. The van der Waals surface area contributed by atoms with Crippen LogP contribution in [-0.4, -0.2) is 56.9 Å². The fourth-order valence-electron chi connectivity index (χ4n) is 6.64. The minimum atomic E-state index is -1.57. The largest absolute Gasteiger partial charge is 0.497 e. The quantitative estimate of drug-likeness (QED) is 0.0314. The van der Waals surface area contributed by atoms with Crippen LogP contribution < -0.4 is 9.47 Å². The van der Waals surface area contributed by atoms with Crippen molar-refractivity contribution in [2.24, 2.45) is 0 Å². The number of nitriles is 1. The van der Waals surface area contributed by atoms with Crippen molar-refractivity contribution in [2.75, 3.05) is 34.0 Å². The first-order valence-electron chi connectivity index (χ1n) is 19.7. The Hall–Kier alpha value is -5.02. The standard InChI is InChI=1S/C49H55N2O6P/c1-38(2)51(39(3)4)58(56-34-13-33-50)57-48(32-35-54-36-42-22-20-41(21-23-42)19-18-40-14-9-7-10-15-40)37-55-49(43-16-11-8-12-17-43,44-24-28-46(52-5)29-25-44)45-26-30-47(53-6)31-27-45/h7-12,14-17,20-31,38-39,48H,13,32,34-37H2,1-6H3/t48-,58?/m0/s1. The summed E-state index contributed by atoms with van der Waals surface area (Å²) in [6, 6.07) is 46.8. The predicted octanol–water partition coefficient (Wildman–Crippen LogP) is 10.7. The molecule has 8 nitrogen and oxygen atoms in total. The van der Waals surface area contributed by atoms with Gasteiger partial charge < -0.3 is 28.0 Å². The van der Waals surface area contributed by atoms with Crippen LogP contribution >= 0.6 is 8.53 Å². The molecule has 0 aromatic heterocycles. The van der Waals surface area contributed by atoms with E-state index in [4.69, 9.17) is 28.0 Å². The smallest absolute Gasteiger partial charge is 0.259 e. The van der Waals surface area contributed by atoms with E-state index in [0.29, 0.717) is 19.6 Å². The lowest BCUT2D eigenvalue weighted by Crippen LogP contribution is -2.38. The van der Waals surface area contributed by atoms with Crippen molar-refractivity contribution in [3.63, 3.8) is 0 Å². The van der Waals surface area contributed by atoms with Crippen LogP contribution in [0.15, 0.2) is 133 Å². The Morgan fingerprint density at radius 3 is 1.67 bits per heavy atom. The van der Waals surface area contributed by atoms with E-state index in [9.17, 15) is 5.26 Å². The molecule has 0 saturated heterocycles. The summed E-state index contributed by atoms with van der Waals surface area (Å²) >= 11 is 0. The van der Waals surface area contributed by atoms with Crippen LogP contribution in [0.5, 0.6) is 11.5 Å². The van der Waals surface area contributed by atoms with Gasteiger partial charge in [0, 0.05) is 29.8 Å². The van der Waals surface area contributed by atoms with Crippen molar-refractivity contribution >= 4 is 8.53 Å². The molecule has 2 atom stereocenters. The minimum Gasteiger partial charge on any atom is -0.497 e. The third-order valence-corrected chi connectivity index (χ3v) is 11.7. The lowest BCUT2D eigenvalue weighted by atomic mass is 9.80. The van der Waals surface area contributed by atoms with Gasteiger partial charge in [-0.2, -0.15) is 5.26 Å². The Labute approximate surface area is 346 Å². The Morgan fingerprint density at radius 2 is 1.16 bits per heavy atom. The second-order valence-corrected chi connectivity index (χ2v) is 15.7. The summed E-state index contributed by atoms with van der Waals surface area (Å²) < 4.78 is 40.3. The maximum Gasteiger partial charge on any atom is 0.259 e. The molecule has 1 unspecified atom stereocenters. The van der Waals surface area contributed by atoms with Crippen molar-refractivity contribution in [2.45, 2.75) is 70.9 Å². The predicted molar refractivity (Wildman–Crippen MR) is 231 cm³/mol. The number of ether oxygens (including phenoxy) is 4. The summed E-state index contributed by atoms with van der Waals surface area (Å²) in [5, 5.41) is 9.37. The van der Waals surface area contributed by atoms with E-state index in [-0.39, 0.29) is 31.7 Å². The van der Waals surface area contributed by atoms with E-state index < -0.39 is 20.2 Å². The summed E-state index contributed by atoms with van der Waals surface area (Å²) in [4.78, 5) is 0. The maximum atomic E-state index is 9.37. The summed E-state index contributed by atoms with van der Waals surface area (Å²) in [7, 11) is 1.76. The molecule has 0 aliphatic rings. The topological polar surface area (TPSA) is 82.4 Å². The highest BCUT2D eigenvalue weighted by Crippen LogP contribution is 2.48. The Bertz CT molecular complexity index is 1990. The van der Waals surface area contributed by atoms with Gasteiger partial charge in [-0.15, -0.1) is 0 Å². The molecule has 0 radical (unpaired) electrons. The van der Waals surface area contributed by atoms with E-state index in [1.165, 1.54) is 0 Å². The molecule has 5 rings (SSSR count). The number of hydrogen-bond donors (Lipinski definition) is 0. The molecule has 302 valence electrons. The average Bonchev–Trinajstić information content (AvgIpc) is 3.25. The van der Waals surface area contributed by atoms with Gasteiger partial charge in [-0.25, -0.2) is 4.67 Å². The highest BCUT2D eigenvalue weighted by molar-refractivity contribution is 7.44. The third-order valence-electron chi connectivity index (χ3n) is 9.49.